The molecule has 1 amide bonds. The van der Waals surface area contributed by atoms with Gasteiger partial charge in [-0.15, -0.1) is 0 Å². The van der Waals surface area contributed by atoms with Crippen LogP contribution in [0.4, 0.5) is 11.4 Å². The van der Waals surface area contributed by atoms with Crippen molar-refractivity contribution in [3.63, 3.8) is 0 Å². The number of anilines is 2. The van der Waals surface area contributed by atoms with Gasteiger partial charge in [0, 0.05) is 24.5 Å². The highest BCUT2D eigenvalue weighted by molar-refractivity contribution is 5.97. The number of amides is 1. The zero-order valence-corrected chi connectivity index (χ0v) is 12.1. The van der Waals surface area contributed by atoms with Crippen molar-refractivity contribution >= 4 is 23.3 Å². The summed E-state index contributed by atoms with van der Waals surface area (Å²) >= 11 is 0. The van der Waals surface area contributed by atoms with Crippen molar-refractivity contribution in [2.75, 3.05) is 23.3 Å². The average Bonchev–Trinajstić information content (AvgIpc) is 2.94. The molecule has 6 nitrogen and oxygen atoms in total. The molecule has 0 aliphatic carbocycles. The molecule has 0 radical (unpaired) electrons. The first-order valence-corrected chi connectivity index (χ1v) is 7.11. The summed E-state index contributed by atoms with van der Waals surface area (Å²) in [4.78, 5) is 24.7. The molecule has 0 saturated carbocycles. The Bertz CT molecular complexity index is 539. The normalized spacial score (nSPS) is 15.8. The molecule has 1 aromatic rings. The maximum atomic E-state index is 11.8. The highest BCUT2D eigenvalue weighted by atomic mass is 16.4. The molecule has 0 spiro atoms. The average molecular weight is 291 g/mol. The predicted molar refractivity (Wildman–Crippen MR) is 81.5 cm³/mol. The van der Waals surface area contributed by atoms with Crippen LogP contribution in [0.25, 0.3) is 0 Å². The van der Waals surface area contributed by atoms with Crippen LogP contribution in [0.2, 0.25) is 0 Å². The molecule has 1 fully saturated rings. The van der Waals surface area contributed by atoms with Gasteiger partial charge in [-0.25, -0.2) is 0 Å². The van der Waals surface area contributed by atoms with Gasteiger partial charge in [0.1, 0.15) is 0 Å². The van der Waals surface area contributed by atoms with Crippen molar-refractivity contribution in [2.24, 2.45) is 5.73 Å². The fourth-order valence-electron chi connectivity index (χ4n) is 2.47. The Hall–Kier alpha value is -2.08. The zero-order chi connectivity index (χ0) is 15.4. The molecule has 0 aromatic heterocycles. The molecule has 1 heterocycles. The number of carboxylic acids is 1. The summed E-state index contributed by atoms with van der Waals surface area (Å²) in [6.07, 6.45) is 2.04. The fourth-order valence-corrected chi connectivity index (χ4v) is 2.47. The number of rotatable bonds is 5. The van der Waals surface area contributed by atoms with Gasteiger partial charge in [0.05, 0.1) is 12.5 Å². The molecule has 1 atom stereocenters. The highest BCUT2D eigenvalue weighted by Crippen LogP contribution is 2.25. The number of nitrogens with zero attached hydrogens (tertiary/aromatic N) is 1. The molecule has 6 heteroatoms. The lowest BCUT2D eigenvalue weighted by Crippen LogP contribution is -2.37. The van der Waals surface area contributed by atoms with Crippen molar-refractivity contribution in [2.45, 2.75) is 32.2 Å². The van der Waals surface area contributed by atoms with Gasteiger partial charge in [0.15, 0.2) is 0 Å². The van der Waals surface area contributed by atoms with Crippen molar-refractivity contribution in [1.82, 2.24) is 0 Å². The standard InChI is InChI=1S/C15H21N3O3/c1-10-8-11(18-6-2-3-7-18)4-5-13(10)17-15(21)12(16)9-14(19)20/h4-5,8,12H,2-3,6-7,9,16H2,1H3,(H,17,21)(H,19,20). The third-order valence-electron chi connectivity index (χ3n) is 3.67. The minimum Gasteiger partial charge on any atom is -0.481 e. The Kier molecular flexibility index (Phi) is 4.80. The topological polar surface area (TPSA) is 95.7 Å². The number of benzene rings is 1. The van der Waals surface area contributed by atoms with Gasteiger partial charge in [0.2, 0.25) is 5.91 Å². The van der Waals surface area contributed by atoms with Gasteiger partial charge in [0.25, 0.3) is 0 Å². The van der Waals surface area contributed by atoms with E-state index >= 15 is 0 Å². The van der Waals surface area contributed by atoms with Crippen molar-refractivity contribution < 1.29 is 14.7 Å². The lowest BCUT2D eigenvalue weighted by atomic mass is 10.1. The number of carbonyl (C=O) groups excluding carboxylic acids is 1. The summed E-state index contributed by atoms with van der Waals surface area (Å²) < 4.78 is 0. The predicted octanol–water partition coefficient (Wildman–Crippen LogP) is 1.34. The van der Waals surface area contributed by atoms with Crippen LogP contribution in [0.3, 0.4) is 0 Å². The summed E-state index contributed by atoms with van der Waals surface area (Å²) in [5, 5.41) is 11.3. The zero-order valence-electron chi connectivity index (χ0n) is 12.1. The first-order valence-electron chi connectivity index (χ1n) is 7.11. The lowest BCUT2D eigenvalue weighted by Gasteiger charge is -2.19. The fraction of sp³-hybridized carbons (Fsp3) is 0.467. The van der Waals surface area contributed by atoms with Gasteiger partial charge in [-0.2, -0.15) is 0 Å². The number of nitrogens with one attached hydrogen (secondary N) is 1. The van der Waals surface area contributed by atoms with Crippen LogP contribution in [0, 0.1) is 6.92 Å². The Morgan fingerprint density at radius 1 is 1.38 bits per heavy atom. The molecule has 1 aromatic carbocycles. The Balaban J connectivity index is 2.03. The van der Waals surface area contributed by atoms with Crippen molar-refractivity contribution in [3.8, 4) is 0 Å². The third-order valence-corrected chi connectivity index (χ3v) is 3.67. The first kappa shape index (κ1) is 15.3. The largest absolute Gasteiger partial charge is 0.481 e. The van der Waals surface area contributed by atoms with Gasteiger partial charge in [-0.1, -0.05) is 0 Å². The van der Waals surface area contributed by atoms with Crippen LogP contribution in [0.1, 0.15) is 24.8 Å². The molecule has 1 aliphatic heterocycles. The van der Waals surface area contributed by atoms with Crippen LogP contribution in [-0.4, -0.2) is 36.1 Å². The summed E-state index contributed by atoms with van der Waals surface area (Å²) in [6.45, 7) is 4.04. The van der Waals surface area contributed by atoms with Gasteiger partial charge < -0.3 is 21.1 Å². The third kappa shape index (κ3) is 3.95. The molecule has 1 unspecified atom stereocenters. The molecular formula is C15H21N3O3. The van der Waals surface area contributed by atoms with E-state index in [1.54, 1.807) is 0 Å². The minimum atomic E-state index is -1.08. The first-order chi connectivity index (χ1) is 9.97. The smallest absolute Gasteiger partial charge is 0.305 e. The van der Waals surface area contributed by atoms with E-state index in [1.165, 1.54) is 12.8 Å². The summed E-state index contributed by atoms with van der Waals surface area (Å²) in [6, 6.07) is 4.80. The molecule has 2 rings (SSSR count). The van der Waals surface area contributed by atoms with Crippen LogP contribution < -0.4 is 16.0 Å². The second kappa shape index (κ2) is 6.58. The van der Waals surface area contributed by atoms with E-state index < -0.39 is 17.9 Å². The summed E-state index contributed by atoms with van der Waals surface area (Å²) in [7, 11) is 0. The van der Waals surface area contributed by atoms with E-state index in [2.05, 4.69) is 10.2 Å². The highest BCUT2D eigenvalue weighted by Gasteiger charge is 2.18. The SMILES string of the molecule is Cc1cc(N2CCCC2)ccc1NC(=O)C(N)CC(=O)O. The van der Waals surface area contributed by atoms with Gasteiger partial charge in [-0.05, 0) is 43.5 Å². The summed E-state index contributed by atoms with van der Waals surface area (Å²) in [5.74, 6) is -1.56. The molecule has 1 saturated heterocycles. The summed E-state index contributed by atoms with van der Waals surface area (Å²) in [5.41, 5.74) is 8.31. The minimum absolute atomic E-state index is 0.378. The van der Waals surface area contributed by atoms with E-state index in [0.717, 1.165) is 24.3 Å². The number of hydrogen-bond donors (Lipinski definition) is 3. The van der Waals surface area contributed by atoms with E-state index in [0.29, 0.717) is 5.69 Å². The van der Waals surface area contributed by atoms with Gasteiger partial charge >= 0.3 is 5.97 Å². The molecule has 114 valence electrons. The van der Waals surface area contributed by atoms with Crippen molar-refractivity contribution in [1.29, 1.82) is 0 Å². The number of carbonyl (C=O) groups is 2. The number of carboxylic acid groups (broad SMARTS) is 1. The van der Waals surface area contributed by atoms with E-state index in [-0.39, 0.29) is 6.42 Å². The second-order valence-corrected chi connectivity index (χ2v) is 5.39. The molecule has 0 bridgehead atoms. The van der Waals surface area contributed by atoms with Crippen LogP contribution in [0.5, 0.6) is 0 Å². The van der Waals surface area contributed by atoms with E-state index in [9.17, 15) is 9.59 Å². The number of nitrogens with two attached hydrogens (primary N) is 1. The number of aryl methyl sites for hydroxylation is 1. The van der Waals surface area contributed by atoms with Crippen molar-refractivity contribution in [3.05, 3.63) is 23.8 Å². The quantitative estimate of drug-likeness (QED) is 0.760. The van der Waals surface area contributed by atoms with Crippen LogP contribution in [-0.2, 0) is 9.59 Å². The lowest BCUT2D eigenvalue weighted by molar-refractivity contribution is -0.138. The van der Waals surface area contributed by atoms with Crippen LogP contribution in [0.15, 0.2) is 18.2 Å². The second-order valence-electron chi connectivity index (χ2n) is 5.39. The Labute approximate surface area is 123 Å². The monoisotopic (exact) mass is 291 g/mol. The molecule has 1 aliphatic rings. The maximum Gasteiger partial charge on any atom is 0.305 e. The van der Waals surface area contributed by atoms with E-state index in [4.69, 9.17) is 10.8 Å². The number of hydrogen-bond acceptors (Lipinski definition) is 4. The maximum absolute atomic E-state index is 11.8. The van der Waals surface area contributed by atoms with E-state index in [1.807, 2.05) is 25.1 Å². The number of aliphatic carboxylic acids is 1. The van der Waals surface area contributed by atoms with Crippen LogP contribution >= 0.6 is 0 Å². The Morgan fingerprint density at radius 2 is 2.05 bits per heavy atom. The Morgan fingerprint density at radius 3 is 2.62 bits per heavy atom. The van der Waals surface area contributed by atoms with Gasteiger partial charge in [-0.3, -0.25) is 9.59 Å². The molecule has 21 heavy (non-hydrogen) atoms. The molecular weight excluding hydrogens is 270 g/mol. The molecule has 4 N–H and O–H groups in total.